The third-order valence-electron chi connectivity index (χ3n) is 6.38. The van der Waals surface area contributed by atoms with Crippen LogP contribution < -0.4 is 5.32 Å². The summed E-state index contributed by atoms with van der Waals surface area (Å²) in [6, 6.07) is 10.6. The van der Waals surface area contributed by atoms with Gasteiger partial charge in [-0.15, -0.1) is 0 Å². The molecule has 1 N–H and O–H groups in total. The highest BCUT2D eigenvalue weighted by molar-refractivity contribution is 7.89. The number of sulfonamides is 1. The fourth-order valence-corrected chi connectivity index (χ4v) is 6.44. The molecule has 2 atom stereocenters. The summed E-state index contributed by atoms with van der Waals surface area (Å²) in [7, 11) is -3.62. The van der Waals surface area contributed by atoms with Gasteiger partial charge in [-0.1, -0.05) is 0 Å². The first-order chi connectivity index (χ1) is 15.8. The van der Waals surface area contributed by atoms with Crippen LogP contribution >= 0.6 is 0 Å². The van der Waals surface area contributed by atoms with Gasteiger partial charge in [-0.05, 0) is 80.6 Å². The standard InChI is InChI=1S/C25H28N2O5S/c1-16-13-27(14-17(2)32-16)33(29,30)22-8-6-21(7-9-22)26-25(28)12-20-15-31-24-11-19-5-3-4-18(19)10-23(20)24/h6-11,15-17H,3-5,12-14H2,1-2H3,(H,26,28). The van der Waals surface area contributed by atoms with Gasteiger partial charge in [-0.2, -0.15) is 4.31 Å². The Kier molecular flexibility index (Phi) is 5.76. The molecule has 33 heavy (non-hydrogen) atoms. The highest BCUT2D eigenvalue weighted by Crippen LogP contribution is 2.31. The van der Waals surface area contributed by atoms with Gasteiger partial charge in [0.05, 0.1) is 29.8 Å². The molecule has 0 spiro atoms. The third kappa shape index (κ3) is 4.43. The minimum absolute atomic E-state index is 0.151. The number of benzene rings is 2. The fourth-order valence-electron chi connectivity index (χ4n) is 4.85. The molecule has 2 aliphatic rings. The van der Waals surface area contributed by atoms with Crippen molar-refractivity contribution in [2.75, 3.05) is 18.4 Å². The quantitative estimate of drug-likeness (QED) is 0.614. The molecule has 7 nitrogen and oxygen atoms in total. The van der Waals surface area contributed by atoms with Crippen molar-refractivity contribution in [1.29, 1.82) is 0 Å². The second-order valence-corrected chi connectivity index (χ2v) is 11.0. The minimum atomic E-state index is -3.62. The Balaban J connectivity index is 1.27. The van der Waals surface area contributed by atoms with Crippen molar-refractivity contribution in [3.8, 4) is 0 Å². The van der Waals surface area contributed by atoms with Crippen LogP contribution in [0, 0.1) is 0 Å². The Morgan fingerprint density at radius 2 is 1.73 bits per heavy atom. The lowest BCUT2D eigenvalue weighted by atomic mass is 10.0. The van der Waals surface area contributed by atoms with Crippen molar-refractivity contribution in [3.05, 3.63) is 59.4 Å². The van der Waals surface area contributed by atoms with E-state index in [4.69, 9.17) is 9.15 Å². The smallest absolute Gasteiger partial charge is 0.243 e. The summed E-state index contributed by atoms with van der Waals surface area (Å²) in [5.41, 5.74) is 4.90. The predicted octanol–water partition coefficient (Wildman–Crippen LogP) is 3.90. The molecule has 1 amide bonds. The number of furan rings is 1. The topological polar surface area (TPSA) is 88.9 Å². The molecule has 2 aromatic carbocycles. The number of fused-ring (bicyclic) bond motifs is 2. The Hall–Kier alpha value is -2.68. The zero-order valence-corrected chi connectivity index (χ0v) is 19.7. The van der Waals surface area contributed by atoms with E-state index in [1.54, 1.807) is 18.4 Å². The van der Waals surface area contributed by atoms with Gasteiger partial charge in [0.2, 0.25) is 15.9 Å². The zero-order chi connectivity index (χ0) is 23.2. The zero-order valence-electron chi connectivity index (χ0n) is 18.8. The van der Waals surface area contributed by atoms with E-state index >= 15 is 0 Å². The highest BCUT2D eigenvalue weighted by atomic mass is 32.2. The normalized spacial score (nSPS) is 21.3. The summed E-state index contributed by atoms with van der Waals surface area (Å²) in [5.74, 6) is -0.176. The van der Waals surface area contributed by atoms with E-state index in [9.17, 15) is 13.2 Å². The van der Waals surface area contributed by atoms with Crippen LogP contribution in [0.3, 0.4) is 0 Å². The number of morpholine rings is 1. The Morgan fingerprint density at radius 3 is 2.42 bits per heavy atom. The van der Waals surface area contributed by atoms with Gasteiger partial charge < -0.3 is 14.5 Å². The van der Waals surface area contributed by atoms with Gasteiger partial charge in [0.1, 0.15) is 5.58 Å². The number of carbonyl (C=O) groups excluding carboxylic acids is 1. The molecule has 0 bridgehead atoms. The number of ether oxygens (including phenoxy) is 1. The first kappa shape index (κ1) is 22.1. The van der Waals surface area contributed by atoms with Gasteiger partial charge in [-0.25, -0.2) is 8.42 Å². The molecule has 1 aromatic heterocycles. The lowest BCUT2D eigenvalue weighted by molar-refractivity contribution is -0.115. The van der Waals surface area contributed by atoms with Gasteiger partial charge in [-0.3, -0.25) is 4.79 Å². The number of nitrogens with one attached hydrogen (secondary N) is 1. The maximum absolute atomic E-state index is 13.0. The van der Waals surface area contributed by atoms with E-state index in [1.807, 2.05) is 13.8 Å². The molecule has 174 valence electrons. The molecular weight excluding hydrogens is 440 g/mol. The number of aryl methyl sites for hydroxylation is 2. The lowest BCUT2D eigenvalue weighted by Crippen LogP contribution is -2.48. The van der Waals surface area contributed by atoms with E-state index < -0.39 is 10.0 Å². The molecule has 8 heteroatoms. The minimum Gasteiger partial charge on any atom is -0.464 e. The van der Waals surface area contributed by atoms with Crippen molar-refractivity contribution in [2.24, 2.45) is 0 Å². The first-order valence-corrected chi connectivity index (χ1v) is 12.8. The summed E-state index contributed by atoms with van der Waals surface area (Å²) in [5, 5.41) is 3.85. The number of carbonyl (C=O) groups is 1. The molecule has 1 aliphatic carbocycles. The van der Waals surface area contributed by atoms with Crippen LogP contribution in [0.5, 0.6) is 0 Å². The van der Waals surface area contributed by atoms with Crippen LogP contribution in [-0.2, 0) is 38.8 Å². The number of hydrogen-bond donors (Lipinski definition) is 1. The average molecular weight is 469 g/mol. The summed E-state index contributed by atoms with van der Waals surface area (Å²) in [6.07, 6.45) is 4.85. The summed E-state index contributed by atoms with van der Waals surface area (Å²) >= 11 is 0. The Bertz CT molecular complexity index is 1290. The maximum atomic E-state index is 13.0. The van der Waals surface area contributed by atoms with Crippen LogP contribution in [0.1, 0.15) is 37.0 Å². The van der Waals surface area contributed by atoms with Crippen molar-refractivity contribution < 1.29 is 22.4 Å². The molecule has 0 saturated carbocycles. The van der Waals surface area contributed by atoms with Crippen molar-refractivity contribution >= 4 is 32.6 Å². The first-order valence-electron chi connectivity index (χ1n) is 11.4. The Morgan fingerprint density at radius 1 is 1.06 bits per heavy atom. The van der Waals surface area contributed by atoms with E-state index in [0.717, 1.165) is 35.8 Å². The van der Waals surface area contributed by atoms with Gasteiger partial charge in [0.25, 0.3) is 0 Å². The van der Waals surface area contributed by atoms with Crippen molar-refractivity contribution in [2.45, 2.75) is 56.6 Å². The third-order valence-corrected chi connectivity index (χ3v) is 8.23. The number of anilines is 1. The van der Waals surface area contributed by atoms with Crippen LogP contribution in [0.15, 0.2) is 52.0 Å². The van der Waals surface area contributed by atoms with Crippen LogP contribution in [-0.4, -0.2) is 43.9 Å². The fraction of sp³-hybridized carbons (Fsp3) is 0.400. The molecule has 1 aliphatic heterocycles. The average Bonchev–Trinajstić information content (AvgIpc) is 3.38. The molecule has 0 radical (unpaired) electrons. The molecule has 1 saturated heterocycles. The number of nitrogens with zero attached hydrogens (tertiary/aromatic N) is 1. The van der Waals surface area contributed by atoms with Gasteiger partial charge >= 0.3 is 0 Å². The Labute approximate surface area is 193 Å². The van der Waals surface area contributed by atoms with E-state index in [2.05, 4.69) is 17.4 Å². The van der Waals surface area contributed by atoms with Crippen LogP contribution in [0.4, 0.5) is 5.69 Å². The van der Waals surface area contributed by atoms with E-state index in [0.29, 0.717) is 18.8 Å². The molecule has 1 fully saturated rings. The second kappa shape index (κ2) is 8.59. The SMILES string of the molecule is CC1CN(S(=O)(=O)c2ccc(NC(=O)Cc3coc4cc5c(cc34)CCC5)cc2)CC(C)O1. The highest BCUT2D eigenvalue weighted by Gasteiger charge is 2.32. The molecule has 2 unspecified atom stereocenters. The number of hydrogen-bond acceptors (Lipinski definition) is 5. The summed E-state index contributed by atoms with van der Waals surface area (Å²) in [6.45, 7) is 4.39. The molecule has 3 aromatic rings. The lowest BCUT2D eigenvalue weighted by Gasteiger charge is -2.34. The van der Waals surface area contributed by atoms with Crippen molar-refractivity contribution in [3.63, 3.8) is 0 Å². The predicted molar refractivity (Wildman–Crippen MR) is 126 cm³/mol. The van der Waals surface area contributed by atoms with Crippen molar-refractivity contribution in [1.82, 2.24) is 4.31 Å². The molecule has 5 rings (SSSR count). The summed E-state index contributed by atoms with van der Waals surface area (Å²) in [4.78, 5) is 12.9. The van der Waals surface area contributed by atoms with E-state index in [1.165, 1.54) is 27.6 Å². The number of amides is 1. The summed E-state index contributed by atoms with van der Waals surface area (Å²) < 4.78 is 38.8. The van der Waals surface area contributed by atoms with E-state index in [-0.39, 0.29) is 29.4 Å². The van der Waals surface area contributed by atoms with Gasteiger partial charge in [0.15, 0.2) is 0 Å². The molecular formula is C25H28N2O5S. The van der Waals surface area contributed by atoms with Crippen LogP contribution in [0.25, 0.3) is 11.0 Å². The monoisotopic (exact) mass is 468 g/mol. The molecule has 2 heterocycles. The second-order valence-electron chi connectivity index (χ2n) is 9.06. The van der Waals surface area contributed by atoms with Gasteiger partial charge in [0, 0.05) is 29.7 Å². The largest absolute Gasteiger partial charge is 0.464 e. The maximum Gasteiger partial charge on any atom is 0.243 e. The van der Waals surface area contributed by atoms with Crippen LogP contribution in [0.2, 0.25) is 0 Å². The number of rotatable bonds is 5.